The molecule has 7 nitrogen and oxygen atoms in total. The molecular formula is C18H19ClN6OS2. The van der Waals surface area contributed by atoms with Crippen molar-refractivity contribution in [3.05, 3.63) is 52.9 Å². The summed E-state index contributed by atoms with van der Waals surface area (Å²) in [5.74, 6) is 2.76. The Bertz CT molecular complexity index is 829. The maximum absolute atomic E-state index is 9.14. The van der Waals surface area contributed by atoms with Gasteiger partial charge < -0.3 is 15.1 Å². The molecule has 0 aliphatic heterocycles. The Kier molecular flexibility index (Phi) is 10.2. The Morgan fingerprint density at radius 2 is 1.96 bits per heavy atom. The first-order chi connectivity index (χ1) is 13.7. The Hall–Kier alpha value is -2.33. The van der Waals surface area contributed by atoms with Crippen molar-refractivity contribution in [2.75, 3.05) is 24.6 Å². The maximum atomic E-state index is 9.14. The van der Waals surface area contributed by atoms with E-state index in [2.05, 4.69) is 20.6 Å². The monoisotopic (exact) mass is 434 g/mol. The molecule has 0 aliphatic carbocycles. The van der Waals surface area contributed by atoms with Crippen molar-refractivity contribution in [3.8, 4) is 12.1 Å². The highest BCUT2D eigenvalue weighted by molar-refractivity contribution is 7.99. The SMILES string of the molecule is N#CC(C#N)=C(NCCCSc1ncco1)NCCSCc1ncccc1Cl. The van der Waals surface area contributed by atoms with Gasteiger partial charge in [0.2, 0.25) is 0 Å². The Morgan fingerprint density at radius 1 is 1.14 bits per heavy atom. The van der Waals surface area contributed by atoms with Gasteiger partial charge in [0.15, 0.2) is 5.57 Å². The van der Waals surface area contributed by atoms with Crippen LogP contribution in [0.1, 0.15) is 12.1 Å². The predicted molar refractivity (Wildman–Crippen MR) is 112 cm³/mol. The van der Waals surface area contributed by atoms with Crippen molar-refractivity contribution < 1.29 is 4.42 Å². The number of thioether (sulfide) groups is 2. The molecule has 2 aromatic rings. The summed E-state index contributed by atoms with van der Waals surface area (Å²) in [4.78, 5) is 8.29. The first kappa shape index (κ1) is 22.0. The molecule has 0 bridgehead atoms. The molecule has 0 spiro atoms. The van der Waals surface area contributed by atoms with Crippen molar-refractivity contribution in [1.82, 2.24) is 20.6 Å². The molecule has 0 aromatic carbocycles. The van der Waals surface area contributed by atoms with Gasteiger partial charge in [0.05, 0.1) is 16.9 Å². The number of nitriles is 2. The van der Waals surface area contributed by atoms with Crippen LogP contribution in [0.25, 0.3) is 0 Å². The largest absolute Gasteiger partial charge is 0.440 e. The van der Waals surface area contributed by atoms with E-state index in [1.807, 2.05) is 18.2 Å². The van der Waals surface area contributed by atoms with Crippen molar-refractivity contribution in [2.45, 2.75) is 17.4 Å². The number of rotatable bonds is 12. The highest BCUT2D eigenvalue weighted by atomic mass is 35.5. The number of hydrogen-bond donors (Lipinski definition) is 2. The fourth-order valence-electron chi connectivity index (χ4n) is 2.04. The number of nitrogens with one attached hydrogen (secondary N) is 2. The van der Waals surface area contributed by atoms with Crippen molar-refractivity contribution in [2.24, 2.45) is 0 Å². The third-order valence-electron chi connectivity index (χ3n) is 3.35. The third kappa shape index (κ3) is 7.73. The van der Waals surface area contributed by atoms with Gasteiger partial charge in [0.25, 0.3) is 5.22 Å². The van der Waals surface area contributed by atoms with Crippen LogP contribution in [-0.2, 0) is 5.75 Å². The Balaban J connectivity index is 1.70. The van der Waals surface area contributed by atoms with E-state index in [-0.39, 0.29) is 5.57 Å². The van der Waals surface area contributed by atoms with Crippen LogP contribution >= 0.6 is 35.1 Å². The van der Waals surface area contributed by atoms with Crippen molar-refractivity contribution in [1.29, 1.82) is 10.5 Å². The van der Waals surface area contributed by atoms with E-state index in [0.717, 1.165) is 23.6 Å². The van der Waals surface area contributed by atoms with Crippen LogP contribution in [0.5, 0.6) is 0 Å². The standard InChI is InChI=1S/C18H19ClN6OS2/c19-15-3-1-4-22-16(15)13-27-10-7-24-17(14(11-20)12-21)23-5-2-9-28-18-25-6-8-26-18/h1,3-4,6,8,23-24H,2,5,7,9-10,13H2. The molecule has 2 heterocycles. The second kappa shape index (κ2) is 12.9. The van der Waals surface area contributed by atoms with E-state index in [4.69, 9.17) is 26.5 Å². The van der Waals surface area contributed by atoms with Gasteiger partial charge in [0, 0.05) is 36.5 Å². The van der Waals surface area contributed by atoms with Gasteiger partial charge in [-0.1, -0.05) is 23.4 Å². The first-order valence-corrected chi connectivity index (χ1v) is 11.0. The van der Waals surface area contributed by atoms with Crippen LogP contribution in [0.4, 0.5) is 0 Å². The first-order valence-electron chi connectivity index (χ1n) is 8.46. The lowest BCUT2D eigenvalue weighted by atomic mass is 10.3. The number of allylic oxidation sites excluding steroid dienone is 1. The molecule has 0 saturated heterocycles. The summed E-state index contributed by atoms with van der Waals surface area (Å²) in [5.41, 5.74) is 0.888. The summed E-state index contributed by atoms with van der Waals surface area (Å²) in [5, 5.41) is 25.8. The highest BCUT2D eigenvalue weighted by Gasteiger charge is 2.06. The number of pyridine rings is 1. The lowest BCUT2D eigenvalue weighted by molar-refractivity contribution is 0.454. The number of hydrogen-bond acceptors (Lipinski definition) is 9. The normalized spacial score (nSPS) is 9.96. The molecule has 0 radical (unpaired) electrons. The zero-order valence-corrected chi connectivity index (χ0v) is 17.4. The zero-order valence-electron chi connectivity index (χ0n) is 15.0. The molecule has 2 N–H and O–H groups in total. The fraction of sp³-hybridized carbons (Fsp3) is 0.333. The van der Waals surface area contributed by atoms with Crippen LogP contribution in [0.2, 0.25) is 5.02 Å². The van der Waals surface area contributed by atoms with Crippen LogP contribution < -0.4 is 10.6 Å². The number of oxazole rings is 1. The van der Waals surface area contributed by atoms with E-state index >= 15 is 0 Å². The van der Waals surface area contributed by atoms with Gasteiger partial charge in [-0.2, -0.15) is 22.3 Å². The van der Waals surface area contributed by atoms with Crippen molar-refractivity contribution in [3.63, 3.8) is 0 Å². The summed E-state index contributed by atoms with van der Waals surface area (Å²) in [6.07, 6.45) is 5.70. The quantitative estimate of drug-likeness (QED) is 0.294. The average molecular weight is 435 g/mol. The minimum atomic E-state index is 0.0399. The molecule has 0 saturated carbocycles. The van der Waals surface area contributed by atoms with Crippen LogP contribution in [0.3, 0.4) is 0 Å². The highest BCUT2D eigenvalue weighted by Crippen LogP contribution is 2.18. The van der Waals surface area contributed by atoms with Crippen LogP contribution in [0, 0.1) is 22.7 Å². The molecule has 10 heteroatoms. The molecule has 2 rings (SSSR count). The van der Waals surface area contributed by atoms with Crippen molar-refractivity contribution >= 4 is 35.1 Å². The molecule has 0 amide bonds. The molecule has 0 fully saturated rings. The molecule has 146 valence electrons. The molecule has 0 aliphatic rings. The van der Waals surface area contributed by atoms with Gasteiger partial charge in [-0.3, -0.25) is 4.98 Å². The number of aromatic nitrogens is 2. The van der Waals surface area contributed by atoms with Gasteiger partial charge in [-0.05, 0) is 18.6 Å². The Labute approximate surface area is 177 Å². The summed E-state index contributed by atoms with van der Waals surface area (Å²) in [6.45, 7) is 1.23. The second-order valence-corrected chi connectivity index (χ2v) is 7.87. The van der Waals surface area contributed by atoms with Gasteiger partial charge in [-0.15, -0.1) is 0 Å². The maximum Gasteiger partial charge on any atom is 0.255 e. The third-order valence-corrected chi connectivity index (χ3v) is 5.61. The van der Waals surface area contributed by atoms with Crippen LogP contribution in [0.15, 0.2) is 51.8 Å². The van der Waals surface area contributed by atoms with Crippen LogP contribution in [-0.4, -0.2) is 34.6 Å². The van der Waals surface area contributed by atoms with Gasteiger partial charge in [-0.25, -0.2) is 4.98 Å². The fourth-order valence-corrected chi connectivity index (χ4v) is 3.85. The lowest BCUT2D eigenvalue weighted by Crippen LogP contribution is -2.30. The van der Waals surface area contributed by atoms with E-state index in [9.17, 15) is 0 Å². The van der Waals surface area contributed by atoms with E-state index < -0.39 is 0 Å². The minimum Gasteiger partial charge on any atom is -0.440 e. The minimum absolute atomic E-state index is 0.0399. The molecule has 28 heavy (non-hydrogen) atoms. The van der Waals surface area contributed by atoms with Gasteiger partial charge >= 0.3 is 0 Å². The van der Waals surface area contributed by atoms with E-state index in [1.165, 1.54) is 18.0 Å². The molecule has 2 aromatic heterocycles. The van der Waals surface area contributed by atoms with E-state index in [1.54, 1.807) is 30.2 Å². The summed E-state index contributed by atoms with van der Waals surface area (Å²) < 4.78 is 5.16. The molecular weight excluding hydrogens is 416 g/mol. The Morgan fingerprint density at radius 3 is 2.68 bits per heavy atom. The second-order valence-electron chi connectivity index (χ2n) is 5.31. The summed E-state index contributed by atoms with van der Waals surface area (Å²) >= 11 is 9.28. The van der Waals surface area contributed by atoms with Gasteiger partial charge in [0.1, 0.15) is 24.2 Å². The molecule has 0 unspecified atom stereocenters. The number of halogens is 1. The smallest absolute Gasteiger partial charge is 0.255 e. The summed E-state index contributed by atoms with van der Waals surface area (Å²) in [7, 11) is 0. The molecule has 0 atom stereocenters. The number of nitrogens with zero attached hydrogens (tertiary/aromatic N) is 4. The summed E-state index contributed by atoms with van der Waals surface area (Å²) in [6, 6.07) is 7.46. The predicted octanol–water partition coefficient (Wildman–Crippen LogP) is 3.58. The van der Waals surface area contributed by atoms with E-state index in [0.29, 0.717) is 34.9 Å². The average Bonchev–Trinajstić information content (AvgIpc) is 3.22. The topological polar surface area (TPSA) is 111 Å². The zero-order chi connectivity index (χ0) is 20.0. The lowest BCUT2D eigenvalue weighted by Gasteiger charge is -2.13.